The molecule has 2 aromatic rings. The van der Waals surface area contributed by atoms with E-state index in [1.54, 1.807) is 0 Å². The molecular formula is C19H24N4O2S. The zero-order chi connectivity index (χ0) is 18.1. The van der Waals surface area contributed by atoms with E-state index in [0.29, 0.717) is 11.7 Å². The van der Waals surface area contributed by atoms with E-state index >= 15 is 0 Å². The lowest BCUT2D eigenvalue weighted by atomic mass is 10.0. The summed E-state index contributed by atoms with van der Waals surface area (Å²) in [4.78, 5) is 23.7. The lowest BCUT2D eigenvalue weighted by Crippen LogP contribution is -2.36. The number of thioether (sulfide) groups is 1. The number of fused-ring (bicyclic) bond motifs is 2. The predicted molar refractivity (Wildman–Crippen MR) is 106 cm³/mol. The van der Waals surface area contributed by atoms with Crippen LogP contribution in [0.2, 0.25) is 0 Å². The molecule has 2 aliphatic heterocycles. The van der Waals surface area contributed by atoms with Gasteiger partial charge in [0.1, 0.15) is 0 Å². The third-order valence-electron chi connectivity index (χ3n) is 5.28. The number of carbonyl (C=O) groups is 2. The second-order valence-electron chi connectivity index (χ2n) is 7.08. The normalized spacial score (nSPS) is 24.3. The van der Waals surface area contributed by atoms with Crippen LogP contribution < -0.4 is 16.0 Å². The lowest BCUT2D eigenvalue weighted by Gasteiger charge is -2.16. The van der Waals surface area contributed by atoms with E-state index in [4.69, 9.17) is 0 Å². The third-order valence-corrected chi connectivity index (χ3v) is 6.79. The van der Waals surface area contributed by atoms with Crippen molar-refractivity contribution in [2.75, 3.05) is 11.1 Å². The molecule has 1 aromatic carbocycles. The van der Waals surface area contributed by atoms with Gasteiger partial charge in [0.25, 0.3) is 0 Å². The number of carbonyl (C=O) groups excluding carboxylic acids is 2. The van der Waals surface area contributed by atoms with Crippen LogP contribution in [0.4, 0.5) is 10.5 Å². The molecule has 138 valence electrons. The molecule has 4 rings (SSSR count). The van der Waals surface area contributed by atoms with Crippen LogP contribution in [-0.2, 0) is 11.8 Å². The Kier molecular flexibility index (Phi) is 4.80. The van der Waals surface area contributed by atoms with Gasteiger partial charge < -0.3 is 20.5 Å². The molecule has 3 atom stereocenters. The fraction of sp³-hybridized carbons (Fsp3) is 0.474. The Balaban J connectivity index is 1.24. The van der Waals surface area contributed by atoms with E-state index in [1.807, 2.05) is 53.8 Å². The molecule has 0 saturated carbocycles. The maximum Gasteiger partial charge on any atom is 0.315 e. The van der Waals surface area contributed by atoms with Crippen LogP contribution in [-0.4, -0.2) is 39.6 Å². The van der Waals surface area contributed by atoms with Crippen molar-refractivity contribution in [1.29, 1.82) is 0 Å². The molecule has 6 nitrogen and oxygen atoms in total. The van der Waals surface area contributed by atoms with Crippen LogP contribution in [0.3, 0.4) is 0 Å². The van der Waals surface area contributed by atoms with Gasteiger partial charge in [-0.05, 0) is 31.0 Å². The molecule has 3 amide bonds. The van der Waals surface area contributed by atoms with Crippen molar-refractivity contribution in [3.05, 3.63) is 30.5 Å². The molecule has 2 aliphatic rings. The Hall–Kier alpha value is -2.15. The molecular weight excluding hydrogens is 348 g/mol. The van der Waals surface area contributed by atoms with Crippen LogP contribution in [0.25, 0.3) is 10.9 Å². The van der Waals surface area contributed by atoms with Gasteiger partial charge in [-0.25, -0.2) is 4.79 Å². The SMILES string of the molecule is Cn1ccc2c(NC(=O)CCCCC3SCC4NC(=O)NC43)cccc21. The average molecular weight is 372 g/mol. The number of hydrogen-bond acceptors (Lipinski definition) is 3. The van der Waals surface area contributed by atoms with E-state index < -0.39 is 0 Å². The minimum Gasteiger partial charge on any atom is -0.350 e. The quantitative estimate of drug-likeness (QED) is 0.539. The minimum absolute atomic E-state index is 0.0419. The summed E-state index contributed by atoms with van der Waals surface area (Å²) in [6.45, 7) is 0. The van der Waals surface area contributed by atoms with Gasteiger partial charge >= 0.3 is 6.03 Å². The highest BCUT2D eigenvalue weighted by molar-refractivity contribution is 8.00. The van der Waals surface area contributed by atoms with E-state index in [0.717, 1.165) is 41.6 Å². The monoisotopic (exact) mass is 372 g/mol. The van der Waals surface area contributed by atoms with Crippen molar-refractivity contribution < 1.29 is 9.59 Å². The van der Waals surface area contributed by atoms with Crippen LogP contribution in [0.15, 0.2) is 30.5 Å². The van der Waals surface area contributed by atoms with Gasteiger partial charge in [0.2, 0.25) is 5.91 Å². The van der Waals surface area contributed by atoms with Crippen LogP contribution >= 0.6 is 11.8 Å². The first kappa shape index (κ1) is 17.3. The van der Waals surface area contributed by atoms with E-state index in [1.165, 1.54) is 0 Å². The number of rotatable bonds is 6. The van der Waals surface area contributed by atoms with Crippen molar-refractivity contribution >= 4 is 40.3 Å². The Morgan fingerprint density at radius 3 is 3.08 bits per heavy atom. The fourth-order valence-corrected chi connectivity index (χ4v) is 5.44. The molecule has 3 heterocycles. The number of unbranched alkanes of at least 4 members (excludes halogenated alkanes) is 1. The Morgan fingerprint density at radius 2 is 2.19 bits per heavy atom. The standard InChI is InChI=1S/C19H24N4O2S/c1-23-10-9-12-13(5-4-6-15(12)23)20-17(24)8-3-2-7-16-18-14(11-26-16)21-19(25)22-18/h4-6,9-10,14,16,18H,2-3,7-8,11H2,1H3,(H,20,24)(H2,21,22,25). The molecule has 7 heteroatoms. The number of anilines is 1. The van der Waals surface area contributed by atoms with Gasteiger partial charge in [0.05, 0.1) is 17.8 Å². The van der Waals surface area contributed by atoms with Crippen LogP contribution in [0.1, 0.15) is 25.7 Å². The highest BCUT2D eigenvalue weighted by atomic mass is 32.2. The number of hydrogen-bond donors (Lipinski definition) is 3. The number of aromatic nitrogens is 1. The zero-order valence-electron chi connectivity index (χ0n) is 14.8. The van der Waals surface area contributed by atoms with E-state index in [-0.39, 0.29) is 24.0 Å². The van der Waals surface area contributed by atoms with Gasteiger partial charge in [-0.15, -0.1) is 0 Å². The average Bonchev–Trinajstić information content (AvgIpc) is 3.28. The van der Waals surface area contributed by atoms with Crippen molar-refractivity contribution in [1.82, 2.24) is 15.2 Å². The van der Waals surface area contributed by atoms with E-state index in [9.17, 15) is 9.59 Å². The number of urea groups is 1. The summed E-state index contributed by atoms with van der Waals surface area (Å²) in [5.74, 6) is 1.05. The molecule has 2 fully saturated rings. The first-order valence-electron chi connectivity index (χ1n) is 9.14. The Labute approximate surface area is 157 Å². The first-order chi connectivity index (χ1) is 12.6. The molecule has 0 spiro atoms. The van der Waals surface area contributed by atoms with Gasteiger partial charge in [0, 0.05) is 41.6 Å². The molecule has 3 unspecified atom stereocenters. The number of aryl methyl sites for hydroxylation is 1. The summed E-state index contributed by atoms with van der Waals surface area (Å²) in [6, 6.07) is 8.47. The second kappa shape index (κ2) is 7.23. The summed E-state index contributed by atoms with van der Waals surface area (Å²) in [5, 5.41) is 10.6. The smallest absolute Gasteiger partial charge is 0.315 e. The molecule has 2 saturated heterocycles. The van der Waals surface area contributed by atoms with Crippen LogP contribution in [0, 0.1) is 0 Å². The molecule has 0 radical (unpaired) electrons. The number of benzene rings is 1. The second-order valence-corrected chi connectivity index (χ2v) is 8.35. The molecule has 26 heavy (non-hydrogen) atoms. The van der Waals surface area contributed by atoms with Crippen LogP contribution in [0.5, 0.6) is 0 Å². The largest absolute Gasteiger partial charge is 0.350 e. The minimum atomic E-state index is -0.0419. The summed E-state index contributed by atoms with van der Waals surface area (Å²) in [7, 11) is 2.00. The van der Waals surface area contributed by atoms with Crippen molar-refractivity contribution in [2.24, 2.45) is 7.05 Å². The maximum absolute atomic E-state index is 12.3. The van der Waals surface area contributed by atoms with Crippen molar-refractivity contribution in [3.8, 4) is 0 Å². The predicted octanol–water partition coefficient (Wildman–Crippen LogP) is 2.84. The number of amides is 3. The third kappa shape index (κ3) is 3.40. The van der Waals surface area contributed by atoms with Gasteiger partial charge in [-0.3, -0.25) is 4.79 Å². The number of nitrogens with one attached hydrogen (secondary N) is 3. The fourth-order valence-electron chi connectivity index (χ4n) is 3.90. The number of nitrogens with zero attached hydrogens (tertiary/aromatic N) is 1. The first-order valence-corrected chi connectivity index (χ1v) is 10.2. The molecule has 0 bridgehead atoms. The van der Waals surface area contributed by atoms with E-state index in [2.05, 4.69) is 16.0 Å². The van der Waals surface area contributed by atoms with Crippen molar-refractivity contribution in [2.45, 2.75) is 43.0 Å². The topological polar surface area (TPSA) is 75.2 Å². The van der Waals surface area contributed by atoms with Gasteiger partial charge in [-0.2, -0.15) is 11.8 Å². The summed E-state index contributed by atoms with van der Waals surface area (Å²) in [5.41, 5.74) is 1.99. The Morgan fingerprint density at radius 1 is 1.31 bits per heavy atom. The van der Waals surface area contributed by atoms with Crippen molar-refractivity contribution in [3.63, 3.8) is 0 Å². The summed E-state index contributed by atoms with van der Waals surface area (Å²) < 4.78 is 2.05. The molecule has 1 aromatic heterocycles. The molecule has 0 aliphatic carbocycles. The van der Waals surface area contributed by atoms with Gasteiger partial charge in [-0.1, -0.05) is 12.5 Å². The summed E-state index contributed by atoms with van der Waals surface area (Å²) >= 11 is 1.92. The highest BCUT2D eigenvalue weighted by Gasteiger charge is 2.42. The Bertz CT molecular complexity index is 834. The van der Waals surface area contributed by atoms with Gasteiger partial charge in [0.15, 0.2) is 0 Å². The zero-order valence-corrected chi connectivity index (χ0v) is 15.6. The maximum atomic E-state index is 12.3. The highest BCUT2D eigenvalue weighted by Crippen LogP contribution is 2.33. The lowest BCUT2D eigenvalue weighted by molar-refractivity contribution is -0.116. The molecule has 3 N–H and O–H groups in total. The summed E-state index contributed by atoms with van der Waals surface area (Å²) in [6.07, 6.45) is 5.43.